The molecule has 53 heavy (non-hydrogen) atoms. The molecular formula is C37H49ClFN3O11. The van der Waals surface area contributed by atoms with E-state index in [4.69, 9.17) is 49.5 Å². The number of hydrogen-bond acceptors (Lipinski definition) is 13. The number of carbonyl (C=O) groups excluding carboxylic acids is 3. The van der Waals surface area contributed by atoms with Gasteiger partial charge >= 0.3 is 12.1 Å². The number of halogens is 2. The second kappa shape index (κ2) is 21.6. The second-order valence-corrected chi connectivity index (χ2v) is 13.7. The molecule has 1 amide bonds. The number of nitriles is 1. The van der Waals surface area contributed by atoms with Crippen LogP contribution in [0.25, 0.3) is 0 Å². The molecule has 1 fully saturated rings. The Kier molecular flexibility index (Phi) is 17.7. The maximum atomic E-state index is 15.3. The van der Waals surface area contributed by atoms with Gasteiger partial charge in [-0.25, -0.2) is 14.0 Å². The molecule has 2 aromatic carbocycles. The van der Waals surface area contributed by atoms with Gasteiger partial charge in [0.2, 0.25) is 12.2 Å². The minimum Gasteiger partial charge on any atom is -0.495 e. The highest BCUT2D eigenvalue weighted by Crippen LogP contribution is 2.42. The summed E-state index contributed by atoms with van der Waals surface area (Å²) in [6, 6.07) is 9.56. The minimum absolute atomic E-state index is 0.0356. The monoisotopic (exact) mass is 765 g/mol. The van der Waals surface area contributed by atoms with Crippen LogP contribution < -0.4 is 15.4 Å². The normalized spacial score (nSPS) is 18.8. The highest BCUT2D eigenvalue weighted by molar-refractivity contribution is 6.30. The van der Waals surface area contributed by atoms with Crippen LogP contribution in [0.4, 0.5) is 14.9 Å². The fourth-order valence-electron chi connectivity index (χ4n) is 5.71. The van der Waals surface area contributed by atoms with Crippen molar-refractivity contribution in [1.29, 1.82) is 5.26 Å². The lowest BCUT2D eigenvalue weighted by Crippen LogP contribution is -2.42. The van der Waals surface area contributed by atoms with E-state index in [1.807, 2.05) is 20.8 Å². The molecule has 3 rings (SSSR count). The van der Waals surface area contributed by atoms with E-state index >= 15 is 4.39 Å². The molecule has 1 aliphatic rings. The molecule has 0 spiro atoms. The molecular weight excluding hydrogens is 717 g/mol. The van der Waals surface area contributed by atoms with Gasteiger partial charge in [-0.15, -0.1) is 0 Å². The molecule has 0 radical (unpaired) electrons. The van der Waals surface area contributed by atoms with E-state index in [1.54, 1.807) is 13.2 Å². The van der Waals surface area contributed by atoms with E-state index in [2.05, 4.69) is 16.7 Å². The zero-order valence-corrected chi connectivity index (χ0v) is 31.7. The molecule has 1 aliphatic heterocycles. The number of benzene rings is 2. The van der Waals surface area contributed by atoms with Crippen molar-refractivity contribution in [1.82, 2.24) is 5.32 Å². The molecule has 14 nitrogen and oxygen atoms in total. The standard InChI is InChI=1S/C37H49ClFN3O11/c1-23(53-36(45)51-19-18-50-17-16-49-15-14-48-13-12-46-5)52-35(44)24-10-11-28(30(20-24)47-6)42-34(43)33-31(25-8-7-9-27(38)32(25)39)26(22-40)29(41-33)21-37(2,3)4/h7-11,20,23,26,29,31,33,41H,12-19,21H2,1-6H3,(H,42,43)/t23?,26?,29?,31?,33-/m1/s1. The molecule has 0 saturated carbocycles. The predicted molar refractivity (Wildman–Crippen MR) is 191 cm³/mol. The smallest absolute Gasteiger partial charge is 0.495 e. The Balaban J connectivity index is 1.54. The van der Waals surface area contributed by atoms with Crippen molar-refractivity contribution < 1.29 is 56.7 Å². The fraction of sp³-hybridized carbons (Fsp3) is 0.568. The van der Waals surface area contributed by atoms with Crippen molar-refractivity contribution in [2.75, 3.05) is 72.4 Å². The molecule has 1 saturated heterocycles. The van der Waals surface area contributed by atoms with E-state index in [9.17, 15) is 19.6 Å². The van der Waals surface area contributed by atoms with Gasteiger partial charge in [-0.1, -0.05) is 44.5 Å². The summed E-state index contributed by atoms with van der Waals surface area (Å²) in [6.45, 7) is 9.89. The summed E-state index contributed by atoms with van der Waals surface area (Å²) in [6.07, 6.45) is -1.81. The number of esters is 1. The lowest BCUT2D eigenvalue weighted by Gasteiger charge is -2.25. The molecule has 0 aromatic heterocycles. The zero-order chi connectivity index (χ0) is 39.0. The lowest BCUT2D eigenvalue weighted by molar-refractivity contribution is -0.118. The van der Waals surface area contributed by atoms with Crippen molar-refractivity contribution in [3.8, 4) is 11.8 Å². The summed E-state index contributed by atoms with van der Waals surface area (Å²) in [7, 11) is 2.95. The summed E-state index contributed by atoms with van der Waals surface area (Å²) in [5.74, 6) is -3.55. The third kappa shape index (κ3) is 13.7. The van der Waals surface area contributed by atoms with Crippen LogP contribution in [0, 0.1) is 28.5 Å². The Morgan fingerprint density at radius 3 is 2.21 bits per heavy atom. The van der Waals surface area contributed by atoms with E-state index in [0.29, 0.717) is 39.5 Å². The Hall–Kier alpha value is -4.04. The van der Waals surface area contributed by atoms with Crippen molar-refractivity contribution >= 4 is 35.3 Å². The van der Waals surface area contributed by atoms with Crippen LogP contribution in [0.3, 0.4) is 0 Å². The number of carbonyl (C=O) groups is 3. The number of nitrogens with one attached hydrogen (secondary N) is 2. The van der Waals surface area contributed by atoms with Crippen LogP contribution in [-0.2, 0) is 38.0 Å². The zero-order valence-electron chi connectivity index (χ0n) is 30.9. The number of hydrogen-bond donors (Lipinski definition) is 2. The van der Waals surface area contributed by atoms with Crippen LogP contribution >= 0.6 is 11.6 Å². The molecule has 16 heteroatoms. The first-order chi connectivity index (χ1) is 25.3. The lowest BCUT2D eigenvalue weighted by atomic mass is 9.77. The summed E-state index contributed by atoms with van der Waals surface area (Å²) in [5.41, 5.74) is 0.207. The van der Waals surface area contributed by atoms with Crippen molar-refractivity contribution in [2.45, 2.75) is 58.4 Å². The summed E-state index contributed by atoms with van der Waals surface area (Å²) < 4.78 is 56.8. The highest BCUT2D eigenvalue weighted by atomic mass is 35.5. The predicted octanol–water partition coefficient (Wildman–Crippen LogP) is 5.48. The van der Waals surface area contributed by atoms with Crippen molar-refractivity contribution in [3.05, 3.63) is 58.4 Å². The van der Waals surface area contributed by atoms with Gasteiger partial charge in [-0.3, -0.25) is 4.79 Å². The molecule has 292 valence electrons. The number of amides is 1. The van der Waals surface area contributed by atoms with Crippen LogP contribution in [0.2, 0.25) is 5.02 Å². The number of methoxy groups -OCH3 is 2. The molecule has 1 heterocycles. The number of rotatable bonds is 20. The third-order valence-electron chi connectivity index (χ3n) is 8.03. The maximum absolute atomic E-state index is 15.3. The molecule has 0 bridgehead atoms. The van der Waals surface area contributed by atoms with Crippen LogP contribution in [-0.4, -0.2) is 103 Å². The quantitative estimate of drug-likeness (QED) is 0.0987. The summed E-state index contributed by atoms with van der Waals surface area (Å²) in [5, 5.41) is 16.2. The third-order valence-corrected chi connectivity index (χ3v) is 8.32. The average molecular weight is 766 g/mol. The Morgan fingerprint density at radius 1 is 0.962 bits per heavy atom. The number of ether oxygens (including phenoxy) is 8. The first-order valence-electron chi connectivity index (χ1n) is 17.1. The van der Waals surface area contributed by atoms with Gasteiger partial charge in [0.05, 0.1) is 87.7 Å². The van der Waals surface area contributed by atoms with E-state index in [1.165, 1.54) is 44.4 Å². The number of nitrogens with zero attached hydrogens (tertiary/aromatic N) is 1. The average Bonchev–Trinajstić information content (AvgIpc) is 3.46. The van der Waals surface area contributed by atoms with Gasteiger partial charge in [-0.05, 0) is 41.7 Å². The van der Waals surface area contributed by atoms with Crippen LogP contribution in [0.1, 0.15) is 56.0 Å². The van der Waals surface area contributed by atoms with E-state index in [0.717, 1.165) is 0 Å². The van der Waals surface area contributed by atoms with Gasteiger partial charge in [0.1, 0.15) is 18.2 Å². The van der Waals surface area contributed by atoms with Crippen molar-refractivity contribution in [2.24, 2.45) is 11.3 Å². The molecule has 4 unspecified atom stereocenters. The molecule has 2 aromatic rings. The van der Waals surface area contributed by atoms with Gasteiger partial charge in [0.25, 0.3) is 0 Å². The van der Waals surface area contributed by atoms with E-state index < -0.39 is 54.1 Å². The SMILES string of the molecule is COCCOCCOCCOCCOC(=O)OC(C)OC(=O)c1ccc(NC(=O)[C@@H]2NC(CC(C)(C)C)C(C#N)C2c2cccc(Cl)c2F)c(OC)c1. The van der Waals surface area contributed by atoms with Gasteiger partial charge in [0.15, 0.2) is 0 Å². The van der Waals surface area contributed by atoms with Gasteiger partial charge < -0.3 is 48.5 Å². The first-order valence-corrected chi connectivity index (χ1v) is 17.5. The Morgan fingerprint density at radius 2 is 1.60 bits per heavy atom. The second-order valence-electron chi connectivity index (χ2n) is 13.3. The largest absolute Gasteiger partial charge is 0.511 e. The van der Waals surface area contributed by atoms with Gasteiger partial charge in [-0.2, -0.15) is 5.26 Å². The maximum Gasteiger partial charge on any atom is 0.511 e. The Labute approximate surface area is 314 Å². The molecule has 0 aliphatic carbocycles. The summed E-state index contributed by atoms with van der Waals surface area (Å²) in [4.78, 5) is 38.7. The van der Waals surface area contributed by atoms with Crippen LogP contribution in [0.15, 0.2) is 36.4 Å². The topological polar surface area (TPSA) is 173 Å². The highest BCUT2D eigenvalue weighted by Gasteiger charge is 2.49. The molecule has 2 N–H and O–H groups in total. The number of anilines is 1. The van der Waals surface area contributed by atoms with Gasteiger partial charge in [0, 0.05) is 26.0 Å². The van der Waals surface area contributed by atoms with Crippen molar-refractivity contribution in [3.63, 3.8) is 0 Å². The Bertz CT molecular complexity index is 1550. The van der Waals surface area contributed by atoms with Crippen LogP contribution in [0.5, 0.6) is 5.75 Å². The summed E-state index contributed by atoms with van der Waals surface area (Å²) >= 11 is 6.10. The first kappa shape index (κ1) is 43.4. The fourth-order valence-corrected chi connectivity index (χ4v) is 5.90. The van der Waals surface area contributed by atoms with E-state index in [-0.39, 0.29) is 52.8 Å². The molecule has 5 atom stereocenters. The minimum atomic E-state index is -1.30.